The fourth-order valence-corrected chi connectivity index (χ4v) is 3.53. The molecule has 0 atom stereocenters. The third-order valence-corrected chi connectivity index (χ3v) is 5.29. The van der Waals surface area contributed by atoms with Crippen molar-refractivity contribution in [3.05, 3.63) is 83.0 Å². The lowest BCUT2D eigenvalue weighted by molar-refractivity contribution is -0.136. The molecule has 4 aromatic rings. The van der Waals surface area contributed by atoms with Crippen molar-refractivity contribution in [3.63, 3.8) is 0 Å². The first-order chi connectivity index (χ1) is 14.5. The number of fused-ring (bicyclic) bond motifs is 1. The molecule has 0 fully saturated rings. The molecule has 0 saturated heterocycles. The summed E-state index contributed by atoms with van der Waals surface area (Å²) in [5.41, 5.74) is 4.95. The summed E-state index contributed by atoms with van der Waals surface area (Å²) >= 11 is 5.96. The number of aliphatic carboxylic acids is 1. The van der Waals surface area contributed by atoms with Gasteiger partial charge in [0.25, 0.3) is 0 Å². The van der Waals surface area contributed by atoms with Crippen molar-refractivity contribution in [2.75, 3.05) is 0 Å². The molecule has 0 bridgehead atoms. The minimum Gasteiger partial charge on any atom is -0.488 e. The fourth-order valence-electron chi connectivity index (χ4n) is 3.41. The highest BCUT2D eigenvalue weighted by molar-refractivity contribution is 6.30. The number of rotatable bonds is 7. The molecule has 4 rings (SSSR count). The summed E-state index contributed by atoms with van der Waals surface area (Å²) in [5, 5.41) is 15.1. The average Bonchev–Trinajstić information content (AvgIpc) is 3.12. The van der Waals surface area contributed by atoms with Gasteiger partial charge in [-0.1, -0.05) is 35.9 Å². The Balaban J connectivity index is 1.68. The molecule has 0 radical (unpaired) electrons. The standard InChI is InChI=1S/C24H21ClN2O3/c1-27-22-9-6-18(13-19(22)14-26-27)21-12-16(5-11-24(28)29)4-10-23(21)30-15-17-2-7-20(25)8-3-17/h2-4,6-10,12-14H,5,11,15H2,1H3,(H,28,29). The summed E-state index contributed by atoms with van der Waals surface area (Å²) in [6.07, 6.45) is 2.39. The minimum absolute atomic E-state index is 0.0893. The molecule has 0 aliphatic rings. The number of nitrogens with zero attached hydrogens (tertiary/aromatic N) is 2. The van der Waals surface area contributed by atoms with Crippen LogP contribution in [-0.4, -0.2) is 20.9 Å². The van der Waals surface area contributed by atoms with Gasteiger partial charge < -0.3 is 9.84 Å². The zero-order chi connectivity index (χ0) is 21.1. The molecule has 30 heavy (non-hydrogen) atoms. The predicted molar refractivity (Wildman–Crippen MR) is 118 cm³/mol. The zero-order valence-corrected chi connectivity index (χ0v) is 17.3. The Hall–Kier alpha value is -3.31. The molecule has 1 N–H and O–H groups in total. The van der Waals surface area contributed by atoms with E-state index in [1.54, 1.807) is 0 Å². The second kappa shape index (κ2) is 8.59. The fraction of sp³-hybridized carbons (Fsp3) is 0.167. The maximum atomic E-state index is 11.0. The van der Waals surface area contributed by atoms with Gasteiger partial charge in [0.1, 0.15) is 12.4 Å². The summed E-state index contributed by atoms with van der Waals surface area (Å²) < 4.78 is 7.97. The van der Waals surface area contributed by atoms with E-state index in [0.29, 0.717) is 18.1 Å². The SMILES string of the molecule is Cn1ncc2cc(-c3cc(CCC(=O)O)ccc3OCc3ccc(Cl)cc3)ccc21. The van der Waals surface area contributed by atoms with E-state index in [0.717, 1.165) is 38.9 Å². The number of carboxylic acids is 1. The number of carboxylic acid groups (broad SMARTS) is 1. The number of hydrogen-bond donors (Lipinski definition) is 1. The molecule has 0 unspecified atom stereocenters. The Labute approximate surface area is 179 Å². The lowest BCUT2D eigenvalue weighted by Gasteiger charge is -2.14. The molecule has 0 amide bonds. The van der Waals surface area contributed by atoms with E-state index in [2.05, 4.69) is 11.2 Å². The van der Waals surface area contributed by atoms with Gasteiger partial charge >= 0.3 is 5.97 Å². The van der Waals surface area contributed by atoms with Gasteiger partial charge in [0.15, 0.2) is 0 Å². The molecular weight excluding hydrogens is 400 g/mol. The number of aryl methyl sites for hydroxylation is 2. The van der Waals surface area contributed by atoms with Crippen LogP contribution in [0.2, 0.25) is 5.02 Å². The molecule has 6 heteroatoms. The van der Waals surface area contributed by atoms with Gasteiger partial charge in [-0.25, -0.2) is 0 Å². The van der Waals surface area contributed by atoms with Crippen LogP contribution in [0.3, 0.4) is 0 Å². The molecule has 0 aliphatic heterocycles. The van der Waals surface area contributed by atoms with Crippen LogP contribution in [0, 0.1) is 0 Å². The molecule has 0 saturated carbocycles. The second-order valence-electron chi connectivity index (χ2n) is 7.18. The Kier molecular flexibility index (Phi) is 5.72. The van der Waals surface area contributed by atoms with Crippen molar-refractivity contribution in [3.8, 4) is 16.9 Å². The van der Waals surface area contributed by atoms with Gasteiger partial charge in [0.2, 0.25) is 0 Å². The van der Waals surface area contributed by atoms with Crippen LogP contribution in [0.15, 0.2) is 66.9 Å². The molecule has 3 aromatic carbocycles. The molecular formula is C24H21ClN2O3. The van der Waals surface area contributed by atoms with E-state index in [1.807, 2.05) is 72.5 Å². The number of carbonyl (C=O) groups is 1. The largest absolute Gasteiger partial charge is 0.488 e. The van der Waals surface area contributed by atoms with Gasteiger partial charge in [-0.15, -0.1) is 0 Å². The molecule has 5 nitrogen and oxygen atoms in total. The Morgan fingerprint density at radius 1 is 1.07 bits per heavy atom. The number of hydrogen-bond acceptors (Lipinski definition) is 3. The van der Waals surface area contributed by atoms with Crippen molar-refractivity contribution in [1.82, 2.24) is 9.78 Å². The summed E-state index contributed by atoms with van der Waals surface area (Å²) in [4.78, 5) is 11.0. The van der Waals surface area contributed by atoms with E-state index < -0.39 is 5.97 Å². The minimum atomic E-state index is -0.809. The molecule has 0 spiro atoms. The molecule has 1 aromatic heterocycles. The van der Waals surface area contributed by atoms with Crippen LogP contribution in [0.5, 0.6) is 5.75 Å². The molecule has 152 valence electrons. The van der Waals surface area contributed by atoms with E-state index in [1.165, 1.54) is 0 Å². The van der Waals surface area contributed by atoms with Crippen LogP contribution >= 0.6 is 11.6 Å². The number of halogens is 1. The maximum Gasteiger partial charge on any atom is 0.303 e. The third kappa shape index (κ3) is 4.47. The van der Waals surface area contributed by atoms with Gasteiger partial charge in [-0.3, -0.25) is 9.48 Å². The summed E-state index contributed by atoms with van der Waals surface area (Å²) in [7, 11) is 1.91. The first-order valence-electron chi connectivity index (χ1n) is 9.64. The first-order valence-corrected chi connectivity index (χ1v) is 10.0. The monoisotopic (exact) mass is 420 g/mol. The van der Waals surface area contributed by atoms with Gasteiger partial charge in [0, 0.05) is 29.4 Å². The van der Waals surface area contributed by atoms with E-state index in [4.69, 9.17) is 21.4 Å². The first kappa shape index (κ1) is 20.0. The lowest BCUT2D eigenvalue weighted by atomic mass is 9.99. The van der Waals surface area contributed by atoms with E-state index in [-0.39, 0.29) is 6.42 Å². The Morgan fingerprint density at radius 2 is 1.83 bits per heavy atom. The second-order valence-corrected chi connectivity index (χ2v) is 7.62. The van der Waals surface area contributed by atoms with Crippen LogP contribution in [-0.2, 0) is 24.9 Å². The highest BCUT2D eigenvalue weighted by Crippen LogP contribution is 2.34. The highest BCUT2D eigenvalue weighted by atomic mass is 35.5. The van der Waals surface area contributed by atoms with Gasteiger partial charge in [-0.2, -0.15) is 5.10 Å². The van der Waals surface area contributed by atoms with E-state index >= 15 is 0 Å². The van der Waals surface area contributed by atoms with E-state index in [9.17, 15) is 4.79 Å². The van der Waals surface area contributed by atoms with Crippen LogP contribution < -0.4 is 4.74 Å². The van der Waals surface area contributed by atoms with Crippen molar-refractivity contribution in [2.24, 2.45) is 7.05 Å². The molecule has 1 heterocycles. The maximum absolute atomic E-state index is 11.0. The van der Waals surface area contributed by atoms with Crippen molar-refractivity contribution < 1.29 is 14.6 Å². The van der Waals surface area contributed by atoms with Crippen molar-refractivity contribution in [1.29, 1.82) is 0 Å². The highest BCUT2D eigenvalue weighted by Gasteiger charge is 2.11. The van der Waals surface area contributed by atoms with Gasteiger partial charge in [0.05, 0.1) is 11.7 Å². The third-order valence-electron chi connectivity index (χ3n) is 5.04. The Bertz CT molecular complexity index is 1200. The van der Waals surface area contributed by atoms with Crippen LogP contribution in [0.4, 0.5) is 0 Å². The smallest absolute Gasteiger partial charge is 0.303 e. The summed E-state index contributed by atoms with van der Waals surface area (Å²) in [6.45, 7) is 0.410. The average molecular weight is 421 g/mol. The molecule has 0 aliphatic carbocycles. The van der Waals surface area contributed by atoms with Crippen molar-refractivity contribution >= 4 is 28.5 Å². The van der Waals surface area contributed by atoms with Gasteiger partial charge in [-0.05, 0) is 59.5 Å². The summed E-state index contributed by atoms with van der Waals surface area (Å²) in [5.74, 6) is -0.0661. The van der Waals surface area contributed by atoms with Crippen LogP contribution in [0.1, 0.15) is 17.5 Å². The number of benzene rings is 3. The summed E-state index contributed by atoms with van der Waals surface area (Å²) in [6, 6.07) is 19.5. The normalized spacial score (nSPS) is 11.0. The van der Waals surface area contributed by atoms with Crippen molar-refractivity contribution in [2.45, 2.75) is 19.4 Å². The van der Waals surface area contributed by atoms with Crippen LogP contribution in [0.25, 0.3) is 22.0 Å². The Morgan fingerprint density at radius 3 is 2.60 bits per heavy atom. The number of ether oxygens (including phenoxy) is 1. The predicted octanol–water partition coefficient (Wildman–Crippen LogP) is 5.49. The topological polar surface area (TPSA) is 64.4 Å². The quantitative estimate of drug-likeness (QED) is 0.429. The zero-order valence-electron chi connectivity index (χ0n) is 16.5. The number of aromatic nitrogens is 2. The lowest BCUT2D eigenvalue weighted by Crippen LogP contribution is -2.00.